The number of sulfonamides is 1. The minimum atomic E-state index is -3.61. The minimum Gasteiger partial charge on any atom is -0.311 e. The van der Waals surface area contributed by atoms with Crippen LogP contribution in [0.15, 0.2) is 47.4 Å². The third-order valence-electron chi connectivity index (χ3n) is 3.81. The minimum absolute atomic E-state index is 0.0985. The van der Waals surface area contributed by atoms with Crippen molar-refractivity contribution >= 4 is 33.2 Å². The lowest BCUT2D eigenvalue weighted by Gasteiger charge is -2.22. The Bertz CT molecular complexity index is 864. The standard InChI is InChI=1S/C18H21ClN2O3S/c1-13-4-8-17(9-5-13)25(23,24)20-10-11-21(15(3)22)16-7-6-14(2)18(19)12-16/h4-9,12,20H,10-11H2,1-3H3. The molecule has 134 valence electrons. The molecule has 0 radical (unpaired) electrons. The van der Waals surface area contributed by atoms with Crippen LogP contribution in [0.3, 0.4) is 0 Å². The van der Waals surface area contributed by atoms with Crippen LogP contribution in [0.25, 0.3) is 0 Å². The van der Waals surface area contributed by atoms with Crippen molar-refractivity contribution in [3.05, 3.63) is 58.6 Å². The predicted molar refractivity (Wildman–Crippen MR) is 101 cm³/mol. The van der Waals surface area contributed by atoms with Crippen molar-refractivity contribution in [1.29, 1.82) is 0 Å². The average Bonchev–Trinajstić information content (AvgIpc) is 2.54. The first-order valence-corrected chi connectivity index (χ1v) is 9.67. The normalized spacial score (nSPS) is 11.4. The van der Waals surface area contributed by atoms with Crippen LogP contribution < -0.4 is 9.62 Å². The molecule has 0 heterocycles. The zero-order valence-corrected chi connectivity index (χ0v) is 16.0. The van der Waals surface area contributed by atoms with Gasteiger partial charge >= 0.3 is 0 Å². The highest BCUT2D eigenvalue weighted by atomic mass is 35.5. The van der Waals surface area contributed by atoms with E-state index in [1.54, 1.807) is 36.4 Å². The number of nitrogens with one attached hydrogen (secondary N) is 1. The Hall–Kier alpha value is -1.89. The van der Waals surface area contributed by atoms with Gasteiger partial charge in [0.05, 0.1) is 4.90 Å². The van der Waals surface area contributed by atoms with Crippen molar-refractivity contribution in [2.45, 2.75) is 25.7 Å². The van der Waals surface area contributed by atoms with Gasteiger partial charge in [-0.3, -0.25) is 4.79 Å². The molecular formula is C18H21ClN2O3S. The number of rotatable bonds is 6. The zero-order chi connectivity index (χ0) is 18.6. The van der Waals surface area contributed by atoms with Crippen molar-refractivity contribution in [2.75, 3.05) is 18.0 Å². The van der Waals surface area contributed by atoms with E-state index in [0.29, 0.717) is 10.7 Å². The van der Waals surface area contributed by atoms with Crippen molar-refractivity contribution in [3.63, 3.8) is 0 Å². The second-order valence-electron chi connectivity index (χ2n) is 5.81. The highest BCUT2D eigenvalue weighted by Gasteiger charge is 2.16. The van der Waals surface area contributed by atoms with Crippen LogP contribution in [0.2, 0.25) is 5.02 Å². The fraction of sp³-hybridized carbons (Fsp3) is 0.278. The fourth-order valence-corrected chi connectivity index (χ4v) is 3.51. The van der Waals surface area contributed by atoms with Gasteiger partial charge in [0.25, 0.3) is 0 Å². The molecule has 0 aliphatic heterocycles. The Morgan fingerprint density at radius 1 is 1.12 bits per heavy atom. The van der Waals surface area contributed by atoms with Crippen molar-refractivity contribution < 1.29 is 13.2 Å². The largest absolute Gasteiger partial charge is 0.311 e. The van der Waals surface area contributed by atoms with E-state index < -0.39 is 10.0 Å². The molecular weight excluding hydrogens is 360 g/mol. The third kappa shape index (κ3) is 5.04. The quantitative estimate of drug-likeness (QED) is 0.836. The topological polar surface area (TPSA) is 66.5 Å². The lowest BCUT2D eigenvalue weighted by Crippen LogP contribution is -2.37. The molecule has 0 atom stereocenters. The van der Waals surface area contributed by atoms with Crippen LogP contribution in [-0.4, -0.2) is 27.4 Å². The zero-order valence-electron chi connectivity index (χ0n) is 14.4. The van der Waals surface area contributed by atoms with Crippen LogP contribution in [0.1, 0.15) is 18.1 Å². The summed E-state index contributed by atoms with van der Waals surface area (Å²) in [4.78, 5) is 13.6. The van der Waals surface area contributed by atoms with Crippen LogP contribution >= 0.6 is 11.6 Å². The Labute approximate surface area is 153 Å². The first-order chi connectivity index (χ1) is 11.7. The summed E-state index contributed by atoms with van der Waals surface area (Å²) >= 11 is 6.11. The predicted octanol–water partition coefficient (Wildman–Crippen LogP) is 3.29. The number of hydrogen-bond donors (Lipinski definition) is 1. The molecule has 0 saturated heterocycles. The second kappa shape index (κ2) is 7.99. The van der Waals surface area contributed by atoms with E-state index in [1.165, 1.54) is 11.8 Å². The van der Waals surface area contributed by atoms with Gasteiger partial charge in [0, 0.05) is 30.7 Å². The monoisotopic (exact) mass is 380 g/mol. The van der Waals surface area contributed by atoms with E-state index in [2.05, 4.69) is 4.72 Å². The Morgan fingerprint density at radius 2 is 1.76 bits per heavy atom. The van der Waals surface area contributed by atoms with Crippen LogP contribution in [0.5, 0.6) is 0 Å². The van der Waals surface area contributed by atoms with E-state index in [0.717, 1.165) is 11.1 Å². The van der Waals surface area contributed by atoms with Crippen LogP contribution in [-0.2, 0) is 14.8 Å². The number of carbonyl (C=O) groups is 1. The summed E-state index contributed by atoms with van der Waals surface area (Å²) < 4.78 is 27.1. The highest BCUT2D eigenvalue weighted by Crippen LogP contribution is 2.23. The molecule has 0 aliphatic rings. The number of anilines is 1. The van der Waals surface area contributed by atoms with Gasteiger partial charge in [0.2, 0.25) is 15.9 Å². The van der Waals surface area contributed by atoms with Gasteiger partial charge in [0.15, 0.2) is 0 Å². The van der Waals surface area contributed by atoms with Crippen LogP contribution in [0, 0.1) is 13.8 Å². The summed E-state index contributed by atoms with van der Waals surface area (Å²) in [7, 11) is -3.61. The maximum atomic E-state index is 12.3. The summed E-state index contributed by atoms with van der Waals surface area (Å²) in [5.41, 5.74) is 2.53. The molecule has 0 saturated carbocycles. The van der Waals surface area contributed by atoms with E-state index in [-0.39, 0.29) is 23.9 Å². The molecule has 0 unspecified atom stereocenters. The first-order valence-electron chi connectivity index (χ1n) is 7.81. The van der Waals surface area contributed by atoms with Gasteiger partial charge in [-0.15, -0.1) is 0 Å². The van der Waals surface area contributed by atoms with Gasteiger partial charge in [-0.25, -0.2) is 13.1 Å². The molecule has 25 heavy (non-hydrogen) atoms. The molecule has 0 aliphatic carbocycles. The summed E-state index contributed by atoms with van der Waals surface area (Å²) in [6.07, 6.45) is 0. The molecule has 1 amide bonds. The number of aryl methyl sites for hydroxylation is 2. The van der Waals surface area contributed by atoms with E-state index in [1.807, 2.05) is 19.9 Å². The Balaban J connectivity index is 2.07. The van der Waals surface area contributed by atoms with Crippen molar-refractivity contribution in [2.24, 2.45) is 0 Å². The number of benzene rings is 2. The molecule has 0 fully saturated rings. The van der Waals surface area contributed by atoms with Gasteiger partial charge < -0.3 is 4.90 Å². The third-order valence-corrected chi connectivity index (χ3v) is 5.69. The number of halogens is 1. The maximum Gasteiger partial charge on any atom is 0.240 e. The van der Waals surface area contributed by atoms with Gasteiger partial charge in [-0.1, -0.05) is 35.4 Å². The smallest absolute Gasteiger partial charge is 0.240 e. The lowest BCUT2D eigenvalue weighted by molar-refractivity contribution is -0.116. The molecule has 0 aromatic heterocycles. The van der Waals surface area contributed by atoms with Gasteiger partial charge in [-0.2, -0.15) is 0 Å². The molecule has 5 nitrogen and oxygen atoms in total. The Kier molecular flexibility index (Phi) is 6.21. The van der Waals surface area contributed by atoms with Crippen LogP contribution in [0.4, 0.5) is 5.69 Å². The van der Waals surface area contributed by atoms with E-state index in [9.17, 15) is 13.2 Å². The SMILES string of the molecule is CC(=O)N(CCNS(=O)(=O)c1ccc(C)cc1)c1ccc(C)c(Cl)c1. The number of nitrogens with zero attached hydrogens (tertiary/aromatic N) is 1. The molecule has 2 rings (SSSR count). The van der Waals surface area contributed by atoms with E-state index in [4.69, 9.17) is 11.6 Å². The van der Waals surface area contributed by atoms with Gasteiger partial charge in [0.1, 0.15) is 0 Å². The van der Waals surface area contributed by atoms with E-state index >= 15 is 0 Å². The second-order valence-corrected chi connectivity index (χ2v) is 7.99. The molecule has 1 N–H and O–H groups in total. The molecule has 0 bridgehead atoms. The van der Waals surface area contributed by atoms with Crippen molar-refractivity contribution in [3.8, 4) is 0 Å². The lowest BCUT2D eigenvalue weighted by atomic mass is 10.2. The fourth-order valence-electron chi connectivity index (χ4n) is 2.31. The molecule has 7 heteroatoms. The first kappa shape index (κ1) is 19.4. The summed E-state index contributed by atoms with van der Waals surface area (Å²) in [6.45, 7) is 5.50. The summed E-state index contributed by atoms with van der Waals surface area (Å²) in [5.74, 6) is -0.186. The Morgan fingerprint density at radius 3 is 2.32 bits per heavy atom. The van der Waals surface area contributed by atoms with Crippen molar-refractivity contribution in [1.82, 2.24) is 4.72 Å². The maximum absolute atomic E-state index is 12.3. The number of carbonyl (C=O) groups excluding carboxylic acids is 1. The molecule has 2 aromatic rings. The molecule has 2 aromatic carbocycles. The number of amides is 1. The summed E-state index contributed by atoms with van der Waals surface area (Å²) in [5, 5.41) is 0.559. The van der Waals surface area contributed by atoms with Gasteiger partial charge in [-0.05, 0) is 43.7 Å². The summed E-state index contributed by atoms with van der Waals surface area (Å²) in [6, 6.07) is 11.9. The highest BCUT2D eigenvalue weighted by molar-refractivity contribution is 7.89. The average molecular weight is 381 g/mol. The number of hydrogen-bond acceptors (Lipinski definition) is 3. The molecule has 0 spiro atoms.